The van der Waals surface area contributed by atoms with E-state index in [0.29, 0.717) is 0 Å². The van der Waals surface area contributed by atoms with Crippen LogP contribution in [0.5, 0.6) is 0 Å². The summed E-state index contributed by atoms with van der Waals surface area (Å²) in [5.74, 6) is -0.345. The van der Waals surface area contributed by atoms with E-state index in [1.807, 2.05) is 30.3 Å². The number of hydrogen-bond acceptors (Lipinski definition) is 4. The van der Waals surface area contributed by atoms with Gasteiger partial charge in [-0.25, -0.2) is 0 Å². The molecule has 17 heavy (non-hydrogen) atoms. The molecule has 0 aromatic carbocycles. The van der Waals surface area contributed by atoms with Crippen LogP contribution in [0.2, 0.25) is 0 Å². The van der Waals surface area contributed by atoms with Crippen molar-refractivity contribution < 1.29 is 4.79 Å². The Morgan fingerprint density at radius 3 is 2.47 bits per heavy atom. The van der Waals surface area contributed by atoms with Gasteiger partial charge in [0.05, 0.1) is 11.6 Å². The fraction of sp³-hybridized carbons (Fsp3) is 0.154. The molecule has 0 amide bonds. The maximum Gasteiger partial charge on any atom is 0.130 e. The van der Waals surface area contributed by atoms with Crippen LogP contribution in [0.1, 0.15) is 22.4 Å². The van der Waals surface area contributed by atoms with Crippen LogP contribution in [0.4, 0.5) is 0 Å². The normalized spacial score (nSPS) is 13.9. The van der Waals surface area contributed by atoms with Crippen molar-refractivity contribution in [2.24, 2.45) is 0 Å². The molecule has 0 aliphatic carbocycles. The Hall–Kier alpha value is -1.68. The van der Waals surface area contributed by atoms with Gasteiger partial charge in [-0.3, -0.25) is 9.97 Å². The van der Waals surface area contributed by atoms with Crippen LogP contribution in [0.15, 0.2) is 48.9 Å². The second kappa shape index (κ2) is 5.59. The summed E-state index contributed by atoms with van der Waals surface area (Å²) in [7, 11) is 0. The van der Waals surface area contributed by atoms with Gasteiger partial charge >= 0.3 is 0 Å². The van der Waals surface area contributed by atoms with Gasteiger partial charge in [-0.1, -0.05) is 6.07 Å². The Balaban J connectivity index is 2.28. The standard InChI is InChI=1S/C13H12N2OS/c16-9-11(12-3-1-2-6-15-12)13(17)10-4-7-14-8-5-10/h1-9,11,13,17H. The van der Waals surface area contributed by atoms with Crippen LogP contribution < -0.4 is 0 Å². The molecule has 2 heterocycles. The Morgan fingerprint density at radius 1 is 1.12 bits per heavy atom. The summed E-state index contributed by atoms with van der Waals surface area (Å²) in [5.41, 5.74) is 1.70. The molecule has 0 spiro atoms. The fourth-order valence-corrected chi connectivity index (χ4v) is 2.04. The van der Waals surface area contributed by atoms with E-state index in [1.165, 1.54) is 0 Å². The summed E-state index contributed by atoms with van der Waals surface area (Å²) in [6.45, 7) is 0. The molecule has 86 valence electrons. The van der Waals surface area contributed by atoms with Gasteiger partial charge in [-0.05, 0) is 29.8 Å². The number of carbonyl (C=O) groups excluding carboxylic acids is 1. The number of hydrogen-bond donors (Lipinski definition) is 1. The second-order valence-electron chi connectivity index (χ2n) is 3.64. The molecule has 0 N–H and O–H groups in total. The molecule has 2 unspecified atom stereocenters. The van der Waals surface area contributed by atoms with Crippen molar-refractivity contribution in [2.45, 2.75) is 11.2 Å². The SMILES string of the molecule is O=CC(c1ccccn1)C(S)c1ccncc1. The molecular formula is C13H12N2OS. The van der Waals surface area contributed by atoms with Crippen LogP contribution in [-0.2, 0) is 4.79 Å². The molecule has 0 fully saturated rings. The van der Waals surface area contributed by atoms with E-state index in [1.54, 1.807) is 18.6 Å². The first kappa shape index (κ1) is 11.8. The van der Waals surface area contributed by atoms with Crippen LogP contribution in [0, 0.1) is 0 Å². The van der Waals surface area contributed by atoms with Crippen LogP contribution in [0.3, 0.4) is 0 Å². The van der Waals surface area contributed by atoms with Gasteiger partial charge in [0.25, 0.3) is 0 Å². The molecule has 2 atom stereocenters. The quantitative estimate of drug-likeness (QED) is 0.663. The number of rotatable bonds is 4. The van der Waals surface area contributed by atoms with Gasteiger partial charge < -0.3 is 4.79 Å². The minimum absolute atomic E-state index is 0.203. The predicted molar refractivity (Wildman–Crippen MR) is 69.0 cm³/mol. The number of carbonyl (C=O) groups is 1. The van der Waals surface area contributed by atoms with Gasteiger partial charge in [0.1, 0.15) is 6.29 Å². The lowest BCUT2D eigenvalue weighted by Gasteiger charge is -2.17. The van der Waals surface area contributed by atoms with Crippen molar-refractivity contribution in [3.63, 3.8) is 0 Å². The molecule has 2 aromatic rings. The lowest BCUT2D eigenvalue weighted by molar-refractivity contribution is -0.109. The Bertz CT molecular complexity index is 475. The Labute approximate surface area is 105 Å². The molecule has 4 heteroatoms. The topological polar surface area (TPSA) is 42.9 Å². The lowest BCUT2D eigenvalue weighted by Crippen LogP contribution is -2.09. The highest BCUT2D eigenvalue weighted by Crippen LogP contribution is 2.33. The van der Waals surface area contributed by atoms with E-state index in [9.17, 15) is 4.79 Å². The number of aldehydes is 1. The third-order valence-electron chi connectivity index (χ3n) is 2.56. The molecule has 0 bridgehead atoms. The zero-order valence-corrected chi connectivity index (χ0v) is 10.00. The minimum atomic E-state index is -0.345. The summed E-state index contributed by atoms with van der Waals surface area (Å²) in [6.07, 6.45) is 5.96. The molecule has 0 aliphatic heterocycles. The first-order valence-corrected chi connectivity index (χ1v) is 5.79. The maximum absolute atomic E-state index is 11.2. The number of aromatic nitrogens is 2. The minimum Gasteiger partial charge on any atom is -0.303 e. The van der Waals surface area contributed by atoms with Crippen molar-refractivity contribution in [1.29, 1.82) is 0 Å². The highest BCUT2D eigenvalue weighted by Gasteiger charge is 2.21. The van der Waals surface area contributed by atoms with Crippen molar-refractivity contribution >= 4 is 18.9 Å². The van der Waals surface area contributed by atoms with E-state index in [2.05, 4.69) is 22.6 Å². The van der Waals surface area contributed by atoms with E-state index >= 15 is 0 Å². The molecule has 2 aromatic heterocycles. The number of nitrogens with zero attached hydrogens (tertiary/aromatic N) is 2. The van der Waals surface area contributed by atoms with Gasteiger partial charge in [-0.2, -0.15) is 12.6 Å². The van der Waals surface area contributed by atoms with Crippen LogP contribution >= 0.6 is 12.6 Å². The number of thiol groups is 1. The van der Waals surface area contributed by atoms with Gasteiger partial charge in [0, 0.05) is 23.8 Å². The zero-order chi connectivity index (χ0) is 12.1. The summed E-state index contributed by atoms with van der Waals surface area (Å²) in [6, 6.07) is 9.24. The van der Waals surface area contributed by atoms with Crippen molar-refractivity contribution in [2.75, 3.05) is 0 Å². The van der Waals surface area contributed by atoms with Crippen molar-refractivity contribution in [1.82, 2.24) is 9.97 Å². The Kier molecular flexibility index (Phi) is 3.88. The third kappa shape index (κ3) is 2.71. The Morgan fingerprint density at radius 2 is 1.88 bits per heavy atom. The third-order valence-corrected chi connectivity index (χ3v) is 3.18. The molecule has 0 aliphatic rings. The van der Waals surface area contributed by atoms with Crippen molar-refractivity contribution in [3.8, 4) is 0 Å². The molecule has 0 saturated carbocycles. The predicted octanol–water partition coefficient (Wildman–Crippen LogP) is 2.43. The van der Waals surface area contributed by atoms with Gasteiger partial charge in [0.15, 0.2) is 0 Å². The van der Waals surface area contributed by atoms with E-state index in [-0.39, 0.29) is 11.2 Å². The molecule has 0 saturated heterocycles. The second-order valence-corrected chi connectivity index (χ2v) is 4.20. The number of pyridine rings is 2. The zero-order valence-electron chi connectivity index (χ0n) is 9.10. The average molecular weight is 244 g/mol. The largest absolute Gasteiger partial charge is 0.303 e. The van der Waals surface area contributed by atoms with Gasteiger partial charge in [0.2, 0.25) is 0 Å². The van der Waals surface area contributed by atoms with Crippen LogP contribution in [-0.4, -0.2) is 16.3 Å². The van der Waals surface area contributed by atoms with Crippen LogP contribution in [0.25, 0.3) is 0 Å². The summed E-state index contributed by atoms with van der Waals surface area (Å²) < 4.78 is 0. The summed E-state index contributed by atoms with van der Waals surface area (Å²) in [5, 5.41) is -0.203. The molecular weight excluding hydrogens is 232 g/mol. The van der Waals surface area contributed by atoms with E-state index in [0.717, 1.165) is 17.5 Å². The molecule has 3 nitrogen and oxygen atoms in total. The van der Waals surface area contributed by atoms with E-state index < -0.39 is 0 Å². The monoisotopic (exact) mass is 244 g/mol. The average Bonchev–Trinajstić information content (AvgIpc) is 2.42. The first-order chi connectivity index (χ1) is 8.33. The lowest BCUT2D eigenvalue weighted by atomic mass is 9.97. The first-order valence-electron chi connectivity index (χ1n) is 5.27. The smallest absolute Gasteiger partial charge is 0.130 e. The fourth-order valence-electron chi connectivity index (χ4n) is 1.65. The summed E-state index contributed by atoms with van der Waals surface area (Å²) >= 11 is 4.51. The molecule has 2 rings (SSSR count). The van der Waals surface area contributed by atoms with Crippen molar-refractivity contribution in [3.05, 3.63) is 60.2 Å². The summed E-state index contributed by atoms with van der Waals surface area (Å²) in [4.78, 5) is 19.4. The molecule has 0 radical (unpaired) electrons. The highest BCUT2D eigenvalue weighted by molar-refractivity contribution is 7.80. The van der Waals surface area contributed by atoms with E-state index in [4.69, 9.17) is 0 Å². The highest BCUT2D eigenvalue weighted by atomic mass is 32.1. The van der Waals surface area contributed by atoms with Gasteiger partial charge in [-0.15, -0.1) is 0 Å². The maximum atomic E-state index is 11.2.